The molecule has 0 bridgehead atoms. The highest BCUT2D eigenvalue weighted by Crippen LogP contribution is 2.45. The van der Waals surface area contributed by atoms with Gasteiger partial charge in [-0.2, -0.15) is 0 Å². The van der Waals surface area contributed by atoms with Crippen LogP contribution >= 0.6 is 15.6 Å². The summed E-state index contributed by atoms with van der Waals surface area (Å²) in [4.78, 5) is 73.0. The van der Waals surface area contributed by atoms with Crippen molar-refractivity contribution in [3.05, 3.63) is 0 Å². The van der Waals surface area contributed by atoms with Crippen molar-refractivity contribution in [1.82, 2.24) is 0 Å². The first-order valence-corrected chi connectivity index (χ1v) is 46.0. The summed E-state index contributed by atoms with van der Waals surface area (Å²) < 4.78 is 68.7. The minimum Gasteiger partial charge on any atom is -0.462 e. The number of aliphatic hydroxyl groups excluding tert-OH is 1. The molecule has 0 aromatic rings. The van der Waals surface area contributed by atoms with E-state index in [2.05, 4.69) is 41.5 Å². The van der Waals surface area contributed by atoms with Crippen LogP contribution in [0, 0.1) is 11.8 Å². The summed E-state index contributed by atoms with van der Waals surface area (Å²) in [6.45, 7) is 9.56. The van der Waals surface area contributed by atoms with Gasteiger partial charge in [-0.05, 0) is 37.5 Å². The average molecular weight is 1490 g/mol. The van der Waals surface area contributed by atoms with Crippen LogP contribution in [-0.2, 0) is 65.4 Å². The molecule has 0 aromatic carbocycles. The first-order chi connectivity index (χ1) is 49.4. The Morgan fingerprint density at radius 1 is 0.265 bits per heavy atom. The molecule has 0 amide bonds. The van der Waals surface area contributed by atoms with Crippen LogP contribution < -0.4 is 0 Å². The SMILES string of the molecule is CCCCCCCCCCCCCCCCCCCCCCCC(=O)O[C@H](COC(=O)CCCCCCCCCCCCCCCCCCCC)COP(=O)(O)OC[C@@H](O)COP(=O)(O)OC[C@@H](COC(=O)CCCCCCCCC(C)C)OC(=O)CCCCCCCCCCCCCC(C)C. The third-order valence-corrected chi connectivity index (χ3v) is 21.4. The zero-order valence-electron chi connectivity index (χ0n) is 66.9. The molecule has 0 aliphatic carbocycles. The van der Waals surface area contributed by atoms with Gasteiger partial charge in [-0.3, -0.25) is 37.3 Å². The zero-order valence-corrected chi connectivity index (χ0v) is 68.7. The number of phosphoric ester groups is 2. The summed E-state index contributed by atoms with van der Waals surface area (Å²) in [7, 11) is -9.92. The van der Waals surface area contributed by atoms with Crippen molar-refractivity contribution >= 4 is 39.5 Å². The van der Waals surface area contributed by atoms with Crippen molar-refractivity contribution in [1.29, 1.82) is 0 Å². The predicted octanol–water partition coefficient (Wildman–Crippen LogP) is 25.1. The largest absolute Gasteiger partial charge is 0.472 e. The van der Waals surface area contributed by atoms with E-state index in [0.29, 0.717) is 31.6 Å². The molecule has 0 saturated carbocycles. The second kappa shape index (κ2) is 74.5. The molecule has 0 rings (SSSR count). The minimum absolute atomic E-state index is 0.106. The van der Waals surface area contributed by atoms with Crippen LogP contribution in [0.2, 0.25) is 0 Å². The summed E-state index contributed by atoms with van der Waals surface area (Å²) in [5.74, 6) is -0.665. The second-order valence-corrected chi connectivity index (χ2v) is 33.7. The Hall–Kier alpha value is -1.94. The van der Waals surface area contributed by atoms with E-state index in [1.807, 2.05) is 0 Å². The summed E-state index contributed by atoms with van der Waals surface area (Å²) in [5.41, 5.74) is 0. The van der Waals surface area contributed by atoms with E-state index >= 15 is 0 Å². The van der Waals surface area contributed by atoms with E-state index in [4.69, 9.17) is 37.0 Å². The molecule has 0 fully saturated rings. The van der Waals surface area contributed by atoms with Gasteiger partial charge in [0, 0.05) is 25.7 Å². The molecule has 17 nitrogen and oxygen atoms in total. The van der Waals surface area contributed by atoms with Gasteiger partial charge in [0.25, 0.3) is 0 Å². The van der Waals surface area contributed by atoms with E-state index < -0.39 is 97.5 Å². The number of esters is 4. The highest BCUT2D eigenvalue weighted by atomic mass is 31.2. The van der Waals surface area contributed by atoms with Crippen molar-refractivity contribution in [3.63, 3.8) is 0 Å². The molecule has 606 valence electrons. The smallest absolute Gasteiger partial charge is 0.462 e. The molecule has 5 atom stereocenters. The third-order valence-electron chi connectivity index (χ3n) is 19.5. The first-order valence-electron chi connectivity index (χ1n) is 43.0. The lowest BCUT2D eigenvalue weighted by Gasteiger charge is -2.21. The van der Waals surface area contributed by atoms with Gasteiger partial charge >= 0.3 is 39.5 Å². The number of phosphoric acid groups is 2. The molecule has 0 spiro atoms. The van der Waals surface area contributed by atoms with Crippen molar-refractivity contribution in [2.24, 2.45) is 11.8 Å². The molecule has 0 aromatic heterocycles. The first kappa shape index (κ1) is 100. The van der Waals surface area contributed by atoms with Gasteiger partial charge in [0.15, 0.2) is 12.2 Å². The van der Waals surface area contributed by atoms with Crippen LogP contribution in [0.3, 0.4) is 0 Å². The van der Waals surface area contributed by atoms with Crippen LogP contribution in [-0.4, -0.2) is 96.7 Å². The Morgan fingerprint density at radius 3 is 0.667 bits per heavy atom. The third kappa shape index (κ3) is 76.3. The molecule has 0 radical (unpaired) electrons. The quantitative estimate of drug-likeness (QED) is 0.0222. The minimum atomic E-state index is -4.96. The van der Waals surface area contributed by atoms with Crippen LogP contribution in [0.25, 0.3) is 0 Å². The number of ether oxygens (including phenoxy) is 4. The van der Waals surface area contributed by atoms with Crippen molar-refractivity contribution in [2.45, 2.75) is 458 Å². The number of hydrogen-bond acceptors (Lipinski definition) is 15. The fourth-order valence-electron chi connectivity index (χ4n) is 12.9. The zero-order chi connectivity index (χ0) is 74.9. The van der Waals surface area contributed by atoms with Gasteiger partial charge in [0.2, 0.25) is 0 Å². The number of aliphatic hydroxyl groups is 1. The highest BCUT2D eigenvalue weighted by Gasteiger charge is 2.30. The molecule has 0 saturated heterocycles. The lowest BCUT2D eigenvalue weighted by atomic mass is 10.0. The van der Waals surface area contributed by atoms with Gasteiger partial charge in [0.1, 0.15) is 19.3 Å². The molecule has 102 heavy (non-hydrogen) atoms. The molecule has 0 heterocycles. The lowest BCUT2D eigenvalue weighted by molar-refractivity contribution is -0.161. The van der Waals surface area contributed by atoms with Crippen molar-refractivity contribution in [3.8, 4) is 0 Å². The van der Waals surface area contributed by atoms with Crippen LogP contribution in [0.5, 0.6) is 0 Å². The topological polar surface area (TPSA) is 237 Å². The summed E-state index contributed by atoms with van der Waals surface area (Å²) in [6, 6.07) is 0. The molecule has 0 aliphatic heterocycles. The van der Waals surface area contributed by atoms with E-state index in [-0.39, 0.29) is 25.7 Å². The van der Waals surface area contributed by atoms with Crippen LogP contribution in [0.15, 0.2) is 0 Å². The molecule has 2 unspecified atom stereocenters. The van der Waals surface area contributed by atoms with Gasteiger partial charge in [-0.15, -0.1) is 0 Å². The number of hydrogen-bond donors (Lipinski definition) is 3. The van der Waals surface area contributed by atoms with Gasteiger partial charge < -0.3 is 33.8 Å². The monoisotopic (exact) mass is 1490 g/mol. The van der Waals surface area contributed by atoms with Crippen LogP contribution in [0.4, 0.5) is 0 Å². The van der Waals surface area contributed by atoms with Gasteiger partial charge in [-0.1, -0.05) is 388 Å². The van der Waals surface area contributed by atoms with E-state index in [0.717, 1.165) is 102 Å². The number of unbranched alkanes of at least 4 members (excludes halogenated alkanes) is 52. The predicted molar refractivity (Wildman–Crippen MR) is 418 cm³/mol. The summed E-state index contributed by atoms with van der Waals surface area (Å²) in [6.07, 6.45) is 65.5. The van der Waals surface area contributed by atoms with Gasteiger partial charge in [-0.25, -0.2) is 9.13 Å². The highest BCUT2D eigenvalue weighted by molar-refractivity contribution is 7.47. The second-order valence-electron chi connectivity index (χ2n) is 30.8. The summed E-state index contributed by atoms with van der Waals surface area (Å²) in [5, 5.41) is 10.6. The fourth-order valence-corrected chi connectivity index (χ4v) is 14.5. The maximum absolute atomic E-state index is 13.1. The molecule has 19 heteroatoms. The molecular weight excluding hydrogens is 1330 g/mol. The summed E-state index contributed by atoms with van der Waals surface area (Å²) >= 11 is 0. The standard InChI is InChI=1S/C83H162O17P2/c1-7-9-11-13-15-17-19-21-23-25-27-28-29-31-33-35-39-43-47-55-61-67-82(87)99-78(71-93-80(85)65-59-53-46-42-38-34-32-30-26-24-22-20-18-16-14-12-10-8-2)73-97-101(89,90)95-69-77(84)70-96-102(91,92)98-74-79(72-94-81(86)66-60-54-50-49-52-58-64-76(5)6)100-83(88)68-62-56-48-44-40-36-37-41-45-51-57-63-75(3)4/h75-79,84H,7-74H2,1-6H3,(H,89,90)(H,91,92)/t77-,78-,79-/m1/s1. The average Bonchev–Trinajstić information content (AvgIpc) is 0.924. The number of rotatable bonds is 82. The molecular formula is C83H162O17P2. The van der Waals surface area contributed by atoms with Crippen LogP contribution in [0.1, 0.15) is 440 Å². The molecule has 0 aliphatic rings. The van der Waals surface area contributed by atoms with E-state index in [1.54, 1.807) is 0 Å². The maximum atomic E-state index is 13.1. The number of carbonyl (C=O) groups is 4. The fraction of sp³-hybridized carbons (Fsp3) is 0.952. The molecule has 3 N–H and O–H groups in total. The maximum Gasteiger partial charge on any atom is 0.472 e. The van der Waals surface area contributed by atoms with Gasteiger partial charge in [0.05, 0.1) is 26.4 Å². The Kier molecular flexibility index (Phi) is 73.1. The Bertz CT molecular complexity index is 1960. The Balaban J connectivity index is 5.21. The van der Waals surface area contributed by atoms with E-state index in [9.17, 15) is 43.2 Å². The van der Waals surface area contributed by atoms with E-state index in [1.165, 1.54) is 250 Å². The van der Waals surface area contributed by atoms with Crippen molar-refractivity contribution < 1.29 is 80.2 Å². The number of carbonyl (C=O) groups excluding carboxylic acids is 4. The Morgan fingerprint density at radius 2 is 0.451 bits per heavy atom. The Labute approximate surface area is 626 Å². The van der Waals surface area contributed by atoms with Crippen molar-refractivity contribution in [2.75, 3.05) is 39.6 Å². The lowest BCUT2D eigenvalue weighted by Crippen LogP contribution is -2.30. The normalized spacial score (nSPS) is 13.9.